The minimum absolute atomic E-state index is 0.157. The van der Waals surface area contributed by atoms with E-state index in [0.717, 1.165) is 11.1 Å². The van der Waals surface area contributed by atoms with Gasteiger partial charge in [-0.1, -0.05) is 36.1 Å². The molecule has 3 heteroatoms. The first-order valence-corrected chi connectivity index (χ1v) is 6.67. The molecule has 0 aliphatic carbocycles. The van der Waals surface area contributed by atoms with Gasteiger partial charge >= 0.3 is 0 Å². The van der Waals surface area contributed by atoms with Gasteiger partial charge in [-0.15, -0.1) is 0 Å². The summed E-state index contributed by atoms with van der Waals surface area (Å²) < 4.78 is 5.21. The summed E-state index contributed by atoms with van der Waals surface area (Å²) in [5.41, 5.74) is 2.50. The topological polar surface area (TPSA) is 38.3 Å². The zero-order chi connectivity index (χ0) is 15.1. The third kappa shape index (κ3) is 4.12. The van der Waals surface area contributed by atoms with Gasteiger partial charge in [-0.2, -0.15) is 0 Å². The molecule has 0 bridgehead atoms. The number of carbonyl (C=O) groups excluding carboxylic acids is 1. The second-order valence-electron chi connectivity index (χ2n) is 4.53. The lowest BCUT2D eigenvalue weighted by Crippen LogP contribution is -2.23. The number of hydrogen-bond donors (Lipinski definition) is 1. The fourth-order valence-electron chi connectivity index (χ4n) is 1.86. The molecule has 0 unspecified atom stereocenters. The Morgan fingerprint density at radius 2 is 1.95 bits per heavy atom. The van der Waals surface area contributed by atoms with Crippen LogP contribution in [-0.4, -0.2) is 19.6 Å². The Morgan fingerprint density at radius 1 is 1.19 bits per heavy atom. The van der Waals surface area contributed by atoms with Crippen molar-refractivity contribution in [3.63, 3.8) is 0 Å². The van der Waals surface area contributed by atoms with E-state index in [4.69, 9.17) is 4.74 Å². The Morgan fingerprint density at radius 3 is 2.67 bits per heavy atom. The molecule has 0 saturated heterocycles. The van der Waals surface area contributed by atoms with E-state index in [1.165, 1.54) is 0 Å². The van der Waals surface area contributed by atoms with E-state index in [9.17, 15) is 4.79 Å². The van der Waals surface area contributed by atoms with Crippen LogP contribution in [0.3, 0.4) is 0 Å². The molecule has 21 heavy (non-hydrogen) atoms. The second-order valence-corrected chi connectivity index (χ2v) is 4.53. The minimum atomic E-state index is -0.157. The molecule has 2 aromatic carbocycles. The highest BCUT2D eigenvalue weighted by atomic mass is 16.5. The van der Waals surface area contributed by atoms with Crippen molar-refractivity contribution in [1.82, 2.24) is 5.32 Å². The summed E-state index contributed by atoms with van der Waals surface area (Å²) in [4.78, 5) is 12.0. The lowest BCUT2D eigenvalue weighted by molar-refractivity contribution is 0.0958. The van der Waals surface area contributed by atoms with E-state index in [2.05, 4.69) is 17.2 Å². The Kier molecular flexibility index (Phi) is 5.00. The van der Waals surface area contributed by atoms with Crippen LogP contribution in [0.15, 0.2) is 48.5 Å². The molecule has 0 radical (unpaired) electrons. The molecule has 2 aromatic rings. The molecule has 106 valence electrons. The fraction of sp³-hybridized carbons (Fsp3) is 0.167. The van der Waals surface area contributed by atoms with Gasteiger partial charge in [-0.3, -0.25) is 4.79 Å². The molecule has 3 nitrogen and oxygen atoms in total. The summed E-state index contributed by atoms with van der Waals surface area (Å²) in [6.45, 7) is 2.25. The van der Waals surface area contributed by atoms with Gasteiger partial charge in [0.25, 0.3) is 5.91 Å². The molecule has 0 atom stereocenters. The van der Waals surface area contributed by atoms with Crippen molar-refractivity contribution >= 4 is 5.91 Å². The lowest BCUT2D eigenvalue weighted by atomic mass is 10.1. The van der Waals surface area contributed by atoms with Crippen molar-refractivity contribution in [3.8, 4) is 17.6 Å². The molecule has 0 spiro atoms. The molecule has 1 N–H and O–H groups in total. The maximum Gasteiger partial charge on any atom is 0.252 e. The summed E-state index contributed by atoms with van der Waals surface area (Å²) in [7, 11) is 1.59. The number of ether oxygens (including phenoxy) is 1. The van der Waals surface area contributed by atoms with Crippen LogP contribution < -0.4 is 10.1 Å². The summed E-state index contributed by atoms with van der Waals surface area (Å²) >= 11 is 0. The van der Waals surface area contributed by atoms with Crippen LogP contribution in [0, 0.1) is 18.8 Å². The SMILES string of the molecule is COc1cc(C(=O)NCC#Cc2ccccc2)ccc1C. The van der Waals surface area contributed by atoms with Crippen LogP contribution in [0.4, 0.5) is 0 Å². The van der Waals surface area contributed by atoms with Gasteiger partial charge in [0.15, 0.2) is 0 Å². The normalized spacial score (nSPS) is 9.43. The summed E-state index contributed by atoms with van der Waals surface area (Å²) in [5.74, 6) is 6.47. The second kappa shape index (κ2) is 7.16. The van der Waals surface area contributed by atoms with E-state index < -0.39 is 0 Å². The van der Waals surface area contributed by atoms with Gasteiger partial charge in [0.2, 0.25) is 0 Å². The van der Waals surface area contributed by atoms with E-state index in [0.29, 0.717) is 17.9 Å². The summed E-state index contributed by atoms with van der Waals surface area (Å²) in [6, 6.07) is 15.0. The number of nitrogens with one attached hydrogen (secondary N) is 1. The van der Waals surface area contributed by atoms with Gasteiger partial charge < -0.3 is 10.1 Å². The molecule has 0 aliphatic rings. The Labute approximate surface area is 125 Å². The third-order valence-electron chi connectivity index (χ3n) is 3.01. The van der Waals surface area contributed by atoms with E-state index in [1.54, 1.807) is 19.2 Å². The van der Waals surface area contributed by atoms with Crippen molar-refractivity contribution in [1.29, 1.82) is 0 Å². The summed E-state index contributed by atoms with van der Waals surface area (Å²) in [5, 5.41) is 2.77. The van der Waals surface area contributed by atoms with Crippen molar-refractivity contribution < 1.29 is 9.53 Å². The fourth-order valence-corrected chi connectivity index (χ4v) is 1.86. The predicted molar refractivity (Wildman–Crippen MR) is 83.4 cm³/mol. The monoisotopic (exact) mass is 279 g/mol. The molecule has 0 aliphatic heterocycles. The Hall–Kier alpha value is -2.73. The molecule has 0 heterocycles. The molecule has 0 fully saturated rings. The predicted octanol–water partition coefficient (Wildman–Crippen LogP) is 2.79. The van der Waals surface area contributed by atoms with Crippen LogP contribution >= 0.6 is 0 Å². The largest absolute Gasteiger partial charge is 0.496 e. The lowest BCUT2D eigenvalue weighted by Gasteiger charge is -2.07. The van der Waals surface area contributed by atoms with Gasteiger partial charge in [0, 0.05) is 11.1 Å². The Balaban J connectivity index is 1.95. The van der Waals surface area contributed by atoms with Gasteiger partial charge in [-0.05, 0) is 36.8 Å². The number of hydrogen-bond acceptors (Lipinski definition) is 2. The Bertz CT molecular complexity index is 681. The van der Waals surface area contributed by atoms with Crippen LogP contribution in [-0.2, 0) is 0 Å². The number of rotatable bonds is 3. The quantitative estimate of drug-likeness (QED) is 0.877. The average Bonchev–Trinajstić information content (AvgIpc) is 2.53. The molecular formula is C18H17NO2. The van der Waals surface area contributed by atoms with Gasteiger partial charge in [0.05, 0.1) is 13.7 Å². The summed E-state index contributed by atoms with van der Waals surface area (Å²) in [6.07, 6.45) is 0. The first-order chi connectivity index (χ1) is 10.2. The molecule has 1 amide bonds. The standard InChI is InChI=1S/C18H17NO2/c1-14-10-11-16(13-17(14)21-2)18(20)19-12-6-9-15-7-4-3-5-8-15/h3-5,7-8,10-11,13H,12H2,1-2H3,(H,19,20). The number of aryl methyl sites for hydroxylation is 1. The van der Waals surface area contributed by atoms with Crippen LogP contribution in [0.5, 0.6) is 5.75 Å². The number of carbonyl (C=O) groups is 1. The van der Waals surface area contributed by atoms with Crippen molar-refractivity contribution in [2.75, 3.05) is 13.7 Å². The van der Waals surface area contributed by atoms with Gasteiger partial charge in [0.1, 0.15) is 5.75 Å². The van der Waals surface area contributed by atoms with Crippen molar-refractivity contribution in [2.24, 2.45) is 0 Å². The smallest absolute Gasteiger partial charge is 0.252 e. The van der Waals surface area contributed by atoms with E-state index >= 15 is 0 Å². The van der Waals surface area contributed by atoms with Gasteiger partial charge in [-0.25, -0.2) is 0 Å². The number of amides is 1. The van der Waals surface area contributed by atoms with E-state index in [1.807, 2.05) is 43.3 Å². The number of methoxy groups -OCH3 is 1. The van der Waals surface area contributed by atoms with Crippen molar-refractivity contribution in [3.05, 3.63) is 65.2 Å². The van der Waals surface area contributed by atoms with E-state index in [-0.39, 0.29) is 5.91 Å². The molecule has 0 saturated carbocycles. The maximum atomic E-state index is 12.0. The highest BCUT2D eigenvalue weighted by Gasteiger charge is 2.07. The first kappa shape index (κ1) is 14.7. The minimum Gasteiger partial charge on any atom is -0.496 e. The maximum absolute atomic E-state index is 12.0. The molecular weight excluding hydrogens is 262 g/mol. The molecule has 2 rings (SSSR count). The van der Waals surface area contributed by atoms with Crippen LogP contribution in [0.1, 0.15) is 21.5 Å². The third-order valence-corrected chi connectivity index (χ3v) is 3.01. The number of benzene rings is 2. The highest BCUT2D eigenvalue weighted by Crippen LogP contribution is 2.18. The molecule has 0 aromatic heterocycles. The van der Waals surface area contributed by atoms with Crippen LogP contribution in [0.25, 0.3) is 0 Å². The van der Waals surface area contributed by atoms with Crippen LogP contribution in [0.2, 0.25) is 0 Å². The van der Waals surface area contributed by atoms with Crippen molar-refractivity contribution in [2.45, 2.75) is 6.92 Å². The highest BCUT2D eigenvalue weighted by molar-refractivity contribution is 5.94. The first-order valence-electron chi connectivity index (χ1n) is 6.67. The zero-order valence-corrected chi connectivity index (χ0v) is 12.1. The zero-order valence-electron chi connectivity index (χ0n) is 12.1. The average molecular weight is 279 g/mol.